The van der Waals surface area contributed by atoms with Crippen LogP contribution in [0.2, 0.25) is 0 Å². The standard InChI is InChI=1S/C17H11BrN2O/c18-17-6-2-5-16(20-17)15-4-1-3-14(19-15)13-9-7-12(11-21)8-10-13/h1-11H. The van der Waals surface area contributed by atoms with Gasteiger partial charge in [-0.1, -0.05) is 36.4 Å². The third kappa shape index (κ3) is 3.06. The molecule has 2 heterocycles. The van der Waals surface area contributed by atoms with Crippen LogP contribution in [0.4, 0.5) is 0 Å². The molecule has 0 saturated heterocycles. The molecule has 3 rings (SSSR count). The summed E-state index contributed by atoms with van der Waals surface area (Å²) in [6, 6.07) is 18.9. The molecule has 3 nitrogen and oxygen atoms in total. The van der Waals surface area contributed by atoms with Crippen molar-refractivity contribution in [3.8, 4) is 22.6 Å². The minimum atomic E-state index is 0.656. The molecule has 0 amide bonds. The monoisotopic (exact) mass is 338 g/mol. The first-order valence-corrected chi connectivity index (χ1v) is 7.21. The Morgan fingerprint density at radius 2 is 1.38 bits per heavy atom. The highest BCUT2D eigenvalue weighted by Crippen LogP contribution is 2.22. The summed E-state index contributed by atoms with van der Waals surface area (Å²) in [4.78, 5) is 19.7. The number of hydrogen-bond acceptors (Lipinski definition) is 3. The first kappa shape index (κ1) is 13.6. The van der Waals surface area contributed by atoms with Crippen LogP contribution in [-0.4, -0.2) is 16.3 Å². The van der Waals surface area contributed by atoms with E-state index in [9.17, 15) is 4.79 Å². The molecule has 2 aromatic heterocycles. The lowest BCUT2D eigenvalue weighted by Crippen LogP contribution is -1.90. The Labute approximate surface area is 130 Å². The summed E-state index contributed by atoms with van der Waals surface area (Å²) in [5.41, 5.74) is 4.11. The third-order valence-electron chi connectivity index (χ3n) is 3.07. The van der Waals surface area contributed by atoms with Gasteiger partial charge in [0.15, 0.2) is 0 Å². The van der Waals surface area contributed by atoms with Gasteiger partial charge in [-0.15, -0.1) is 0 Å². The van der Waals surface area contributed by atoms with E-state index in [1.807, 2.05) is 48.5 Å². The lowest BCUT2D eigenvalue weighted by atomic mass is 10.1. The molecule has 3 aromatic rings. The molecule has 0 aliphatic rings. The quantitative estimate of drug-likeness (QED) is 0.525. The molecule has 0 saturated carbocycles. The largest absolute Gasteiger partial charge is 0.298 e. The van der Waals surface area contributed by atoms with Gasteiger partial charge < -0.3 is 0 Å². The first-order chi connectivity index (χ1) is 10.3. The minimum Gasteiger partial charge on any atom is -0.298 e. The van der Waals surface area contributed by atoms with Crippen molar-refractivity contribution >= 4 is 22.2 Å². The average Bonchev–Trinajstić information content (AvgIpc) is 2.55. The molecule has 102 valence electrons. The van der Waals surface area contributed by atoms with Crippen LogP contribution in [0.15, 0.2) is 65.3 Å². The molecule has 0 aliphatic carbocycles. The molecule has 4 heteroatoms. The van der Waals surface area contributed by atoms with Crippen molar-refractivity contribution < 1.29 is 4.79 Å². The van der Waals surface area contributed by atoms with Gasteiger partial charge in [0.05, 0.1) is 17.1 Å². The van der Waals surface area contributed by atoms with Crippen LogP contribution in [-0.2, 0) is 0 Å². The Balaban J connectivity index is 2.01. The molecular weight excluding hydrogens is 328 g/mol. The van der Waals surface area contributed by atoms with Crippen molar-refractivity contribution in [1.29, 1.82) is 0 Å². The fraction of sp³-hybridized carbons (Fsp3) is 0. The number of rotatable bonds is 3. The Hall–Kier alpha value is -2.33. The van der Waals surface area contributed by atoms with E-state index in [-0.39, 0.29) is 0 Å². The molecule has 0 unspecified atom stereocenters. The van der Waals surface area contributed by atoms with Gasteiger partial charge in [0, 0.05) is 11.1 Å². The summed E-state index contributed by atoms with van der Waals surface area (Å²) in [5, 5.41) is 0. The number of nitrogens with zero attached hydrogens (tertiary/aromatic N) is 2. The zero-order valence-corrected chi connectivity index (χ0v) is 12.6. The van der Waals surface area contributed by atoms with E-state index in [0.717, 1.165) is 33.5 Å². The summed E-state index contributed by atoms with van der Waals surface area (Å²) in [6.07, 6.45) is 0.832. The Morgan fingerprint density at radius 1 is 0.762 bits per heavy atom. The van der Waals surface area contributed by atoms with Gasteiger partial charge in [-0.3, -0.25) is 4.79 Å². The van der Waals surface area contributed by atoms with Gasteiger partial charge >= 0.3 is 0 Å². The van der Waals surface area contributed by atoms with Crippen LogP contribution in [0.1, 0.15) is 10.4 Å². The van der Waals surface area contributed by atoms with Gasteiger partial charge in [-0.2, -0.15) is 0 Å². The SMILES string of the molecule is O=Cc1ccc(-c2cccc(-c3cccc(Br)n3)n2)cc1. The van der Waals surface area contributed by atoms with Gasteiger partial charge in [0.1, 0.15) is 10.9 Å². The number of halogens is 1. The van der Waals surface area contributed by atoms with Crippen molar-refractivity contribution in [3.05, 3.63) is 70.8 Å². The highest BCUT2D eigenvalue weighted by Gasteiger charge is 2.05. The van der Waals surface area contributed by atoms with Gasteiger partial charge in [0.25, 0.3) is 0 Å². The van der Waals surface area contributed by atoms with Crippen molar-refractivity contribution in [2.45, 2.75) is 0 Å². The van der Waals surface area contributed by atoms with Gasteiger partial charge in [0.2, 0.25) is 0 Å². The maximum atomic E-state index is 10.7. The molecule has 0 aliphatic heterocycles. The van der Waals surface area contributed by atoms with Crippen LogP contribution in [0.25, 0.3) is 22.6 Å². The van der Waals surface area contributed by atoms with Gasteiger partial charge in [-0.05, 0) is 40.2 Å². The summed E-state index contributed by atoms with van der Waals surface area (Å²) in [5.74, 6) is 0. The van der Waals surface area contributed by atoms with E-state index in [4.69, 9.17) is 0 Å². The second-order valence-corrected chi connectivity index (χ2v) is 5.31. The van der Waals surface area contributed by atoms with E-state index < -0.39 is 0 Å². The minimum absolute atomic E-state index is 0.656. The van der Waals surface area contributed by atoms with Crippen molar-refractivity contribution in [1.82, 2.24) is 9.97 Å². The van der Waals surface area contributed by atoms with E-state index in [1.54, 1.807) is 12.1 Å². The third-order valence-corrected chi connectivity index (χ3v) is 3.51. The van der Waals surface area contributed by atoms with E-state index in [2.05, 4.69) is 25.9 Å². The van der Waals surface area contributed by atoms with Crippen LogP contribution >= 0.6 is 15.9 Å². The van der Waals surface area contributed by atoms with Crippen LogP contribution in [0.3, 0.4) is 0 Å². The van der Waals surface area contributed by atoms with E-state index in [1.165, 1.54) is 0 Å². The Kier molecular flexibility index (Phi) is 3.88. The molecule has 0 N–H and O–H groups in total. The fourth-order valence-electron chi connectivity index (χ4n) is 2.02. The summed E-state index contributed by atoms with van der Waals surface area (Å²) >= 11 is 3.37. The van der Waals surface area contributed by atoms with Crippen molar-refractivity contribution in [2.75, 3.05) is 0 Å². The molecule has 0 spiro atoms. The van der Waals surface area contributed by atoms with E-state index in [0.29, 0.717) is 5.56 Å². The molecular formula is C17H11BrN2O. The lowest BCUT2D eigenvalue weighted by molar-refractivity contribution is 0.112. The highest BCUT2D eigenvalue weighted by molar-refractivity contribution is 9.10. The zero-order valence-electron chi connectivity index (χ0n) is 11.0. The number of carbonyl (C=O) groups is 1. The molecule has 0 fully saturated rings. The van der Waals surface area contributed by atoms with Crippen molar-refractivity contribution in [3.63, 3.8) is 0 Å². The van der Waals surface area contributed by atoms with Gasteiger partial charge in [-0.25, -0.2) is 9.97 Å². The number of hydrogen-bond donors (Lipinski definition) is 0. The molecule has 21 heavy (non-hydrogen) atoms. The average molecular weight is 339 g/mol. The van der Waals surface area contributed by atoms with Crippen LogP contribution in [0.5, 0.6) is 0 Å². The number of benzene rings is 1. The number of aromatic nitrogens is 2. The van der Waals surface area contributed by atoms with Crippen LogP contribution < -0.4 is 0 Å². The van der Waals surface area contributed by atoms with Crippen molar-refractivity contribution in [2.24, 2.45) is 0 Å². The predicted molar refractivity (Wildman–Crippen MR) is 86.0 cm³/mol. The maximum Gasteiger partial charge on any atom is 0.150 e. The summed E-state index contributed by atoms with van der Waals surface area (Å²) < 4.78 is 0.780. The molecule has 0 radical (unpaired) electrons. The molecule has 0 atom stereocenters. The Morgan fingerprint density at radius 3 is 2.05 bits per heavy atom. The van der Waals surface area contributed by atoms with Crippen LogP contribution in [0, 0.1) is 0 Å². The molecule has 0 bridgehead atoms. The maximum absolute atomic E-state index is 10.7. The summed E-state index contributed by atoms with van der Waals surface area (Å²) in [7, 11) is 0. The predicted octanol–water partition coefficient (Wildman–Crippen LogP) is 4.39. The lowest BCUT2D eigenvalue weighted by Gasteiger charge is -2.05. The number of pyridine rings is 2. The fourth-order valence-corrected chi connectivity index (χ4v) is 2.37. The highest BCUT2D eigenvalue weighted by atomic mass is 79.9. The number of aldehydes is 1. The van der Waals surface area contributed by atoms with E-state index >= 15 is 0 Å². The topological polar surface area (TPSA) is 42.9 Å². The Bertz CT molecular complexity index is 785. The summed E-state index contributed by atoms with van der Waals surface area (Å²) in [6.45, 7) is 0. The second kappa shape index (κ2) is 5.97. The second-order valence-electron chi connectivity index (χ2n) is 4.49. The first-order valence-electron chi connectivity index (χ1n) is 6.42. The zero-order chi connectivity index (χ0) is 14.7. The smallest absolute Gasteiger partial charge is 0.150 e. The number of carbonyl (C=O) groups excluding carboxylic acids is 1. The molecule has 1 aromatic carbocycles. The normalized spacial score (nSPS) is 10.3.